The predicted molar refractivity (Wildman–Crippen MR) is 89.8 cm³/mol. The number of carbonyl (C=O) groups is 1. The fourth-order valence-electron chi connectivity index (χ4n) is 2.48. The third kappa shape index (κ3) is 5.22. The topological polar surface area (TPSA) is 67.7 Å². The molecule has 0 aliphatic carbocycles. The van der Waals surface area contributed by atoms with Crippen molar-refractivity contribution in [2.45, 2.75) is 18.0 Å². The first kappa shape index (κ1) is 17.7. The van der Waals surface area contributed by atoms with Crippen molar-refractivity contribution in [3.63, 3.8) is 0 Å². The van der Waals surface area contributed by atoms with E-state index in [1.165, 1.54) is 0 Å². The van der Waals surface area contributed by atoms with Crippen molar-refractivity contribution < 1.29 is 18.1 Å². The van der Waals surface area contributed by atoms with Crippen LogP contribution >= 0.6 is 27.5 Å². The molecule has 1 unspecified atom stereocenters. The minimum atomic E-state index is -3.13. The maximum atomic E-state index is 12.0. The van der Waals surface area contributed by atoms with E-state index in [0.717, 1.165) is 14.9 Å². The van der Waals surface area contributed by atoms with Gasteiger partial charge in [0.15, 0.2) is 16.4 Å². The van der Waals surface area contributed by atoms with Crippen LogP contribution in [-0.2, 0) is 21.2 Å². The van der Waals surface area contributed by atoms with Gasteiger partial charge in [-0.25, -0.2) is 8.42 Å². The Morgan fingerprint density at radius 2 is 2.00 bits per heavy atom. The summed E-state index contributed by atoms with van der Waals surface area (Å²) < 4.78 is 24.0. The maximum absolute atomic E-state index is 12.0. The predicted octanol–water partition coefficient (Wildman–Crippen LogP) is -0.0156. The van der Waals surface area contributed by atoms with Crippen molar-refractivity contribution in [2.75, 3.05) is 25.1 Å². The Hall–Kier alpha value is -0.630. The summed E-state index contributed by atoms with van der Waals surface area (Å²) in [6.07, 6.45) is 0. The van der Waals surface area contributed by atoms with Crippen LogP contribution in [0.25, 0.3) is 0 Å². The van der Waals surface area contributed by atoms with E-state index in [0.29, 0.717) is 6.54 Å². The number of benzene rings is 1. The summed E-state index contributed by atoms with van der Waals surface area (Å²) in [6, 6.07) is 7.45. The second-order valence-electron chi connectivity index (χ2n) is 5.70. The molecule has 1 saturated heterocycles. The van der Waals surface area contributed by atoms with Gasteiger partial charge in [0.25, 0.3) is 5.91 Å². The number of hydrogen-bond donors (Lipinski definition) is 2. The van der Waals surface area contributed by atoms with Crippen LogP contribution in [0.2, 0.25) is 0 Å². The number of halogens is 2. The molecule has 3 atom stereocenters. The summed E-state index contributed by atoms with van der Waals surface area (Å²) in [5.41, 5.74) is 1.13. The van der Waals surface area contributed by atoms with Gasteiger partial charge >= 0.3 is 0 Å². The summed E-state index contributed by atoms with van der Waals surface area (Å²) in [7, 11) is -1.21. The standard InChI is InChI=1S/C14H18BrClN2O3S/c1-18(6-10-2-4-11(15)5-3-10)7-14(19)17-13-9-22(20,21)8-12(13)16/h2-5,12-13H,6-9H2,1H3,(H,17,19)/p+1/t12-,13-/m0/s1. The Morgan fingerprint density at radius 1 is 1.36 bits per heavy atom. The first-order valence-corrected chi connectivity index (χ1v) is 10.00. The van der Waals surface area contributed by atoms with E-state index in [4.69, 9.17) is 11.6 Å². The fourth-order valence-corrected chi connectivity index (χ4v) is 5.30. The van der Waals surface area contributed by atoms with Crippen LogP contribution in [0.1, 0.15) is 5.56 Å². The number of amides is 1. The van der Waals surface area contributed by atoms with E-state index in [1.54, 1.807) is 0 Å². The van der Waals surface area contributed by atoms with E-state index in [-0.39, 0.29) is 24.0 Å². The van der Waals surface area contributed by atoms with Gasteiger partial charge in [-0.1, -0.05) is 28.1 Å². The molecule has 1 heterocycles. The molecule has 0 saturated carbocycles. The molecule has 5 nitrogen and oxygen atoms in total. The Kier molecular flexibility index (Phi) is 5.87. The molecule has 1 fully saturated rings. The lowest BCUT2D eigenvalue weighted by atomic mass is 10.2. The normalized spacial score (nSPS) is 24.9. The van der Waals surface area contributed by atoms with E-state index in [2.05, 4.69) is 21.2 Å². The largest absolute Gasteiger partial charge is 0.346 e. The van der Waals surface area contributed by atoms with Crippen LogP contribution in [0.3, 0.4) is 0 Å². The van der Waals surface area contributed by atoms with Gasteiger partial charge in [-0.3, -0.25) is 4.79 Å². The van der Waals surface area contributed by atoms with Gasteiger partial charge in [0.1, 0.15) is 6.54 Å². The van der Waals surface area contributed by atoms with Crippen LogP contribution in [0.5, 0.6) is 0 Å². The first-order chi connectivity index (χ1) is 10.2. The monoisotopic (exact) mass is 409 g/mol. The number of carbonyl (C=O) groups excluding carboxylic acids is 1. The highest BCUT2D eigenvalue weighted by Crippen LogP contribution is 2.17. The molecule has 122 valence electrons. The van der Waals surface area contributed by atoms with Crippen LogP contribution in [0, 0.1) is 0 Å². The minimum Gasteiger partial charge on any atom is -0.346 e. The van der Waals surface area contributed by atoms with Gasteiger partial charge < -0.3 is 10.2 Å². The molecule has 1 aliphatic heterocycles. The van der Waals surface area contributed by atoms with E-state index < -0.39 is 21.3 Å². The van der Waals surface area contributed by atoms with Gasteiger partial charge in [-0.15, -0.1) is 11.6 Å². The third-order valence-electron chi connectivity index (χ3n) is 3.51. The van der Waals surface area contributed by atoms with Gasteiger partial charge in [-0.05, 0) is 12.1 Å². The van der Waals surface area contributed by atoms with Crippen molar-refractivity contribution in [1.29, 1.82) is 0 Å². The van der Waals surface area contributed by atoms with Crippen LogP contribution in [0.15, 0.2) is 28.7 Å². The Bertz CT molecular complexity index is 636. The second-order valence-corrected chi connectivity index (χ2v) is 9.33. The minimum absolute atomic E-state index is 0.0684. The molecule has 2 N–H and O–H groups in total. The van der Waals surface area contributed by atoms with Crippen LogP contribution < -0.4 is 10.2 Å². The first-order valence-electron chi connectivity index (χ1n) is 6.95. The lowest BCUT2D eigenvalue weighted by molar-refractivity contribution is -0.885. The molecule has 8 heteroatoms. The highest BCUT2D eigenvalue weighted by atomic mass is 79.9. The number of nitrogens with one attached hydrogen (secondary N) is 2. The van der Waals surface area contributed by atoms with Crippen molar-refractivity contribution in [3.05, 3.63) is 34.3 Å². The number of hydrogen-bond acceptors (Lipinski definition) is 3. The number of quaternary nitrogens is 1. The van der Waals surface area contributed by atoms with Crippen molar-refractivity contribution in [2.24, 2.45) is 0 Å². The molecular weight excluding hydrogens is 392 g/mol. The lowest BCUT2D eigenvalue weighted by Gasteiger charge is -2.17. The molecule has 1 aromatic carbocycles. The van der Waals surface area contributed by atoms with Crippen molar-refractivity contribution in [1.82, 2.24) is 5.32 Å². The van der Waals surface area contributed by atoms with Gasteiger partial charge in [0, 0.05) is 10.0 Å². The number of alkyl halides is 1. The molecule has 0 radical (unpaired) electrons. The van der Waals surface area contributed by atoms with Gasteiger partial charge in [0.2, 0.25) is 0 Å². The number of rotatable bonds is 5. The summed E-state index contributed by atoms with van der Waals surface area (Å²) in [6.45, 7) is 0.990. The molecular formula is C14H19BrClN2O3S+. The average molecular weight is 411 g/mol. The molecule has 22 heavy (non-hydrogen) atoms. The van der Waals surface area contributed by atoms with Crippen molar-refractivity contribution >= 4 is 43.3 Å². The highest BCUT2D eigenvalue weighted by Gasteiger charge is 2.37. The number of sulfone groups is 1. The van der Waals surface area contributed by atoms with E-state index in [1.807, 2.05) is 31.3 Å². The van der Waals surface area contributed by atoms with Crippen LogP contribution in [-0.4, -0.2) is 50.8 Å². The summed E-state index contributed by atoms with van der Waals surface area (Å²) in [5.74, 6) is -0.317. The Labute approximate surface area is 144 Å². The highest BCUT2D eigenvalue weighted by molar-refractivity contribution is 9.10. The van der Waals surface area contributed by atoms with Crippen LogP contribution in [0.4, 0.5) is 0 Å². The van der Waals surface area contributed by atoms with E-state index in [9.17, 15) is 13.2 Å². The second kappa shape index (κ2) is 7.29. The smallest absolute Gasteiger partial charge is 0.275 e. The molecule has 0 aromatic heterocycles. The number of likely N-dealkylation sites (N-methyl/N-ethyl adjacent to an activating group) is 1. The van der Waals surface area contributed by atoms with Gasteiger partial charge in [-0.2, -0.15) is 0 Å². The summed E-state index contributed by atoms with van der Waals surface area (Å²) in [5, 5.41) is 2.19. The Balaban J connectivity index is 1.83. The summed E-state index contributed by atoms with van der Waals surface area (Å²) in [4.78, 5) is 13.0. The zero-order chi connectivity index (χ0) is 16.3. The molecule has 0 bridgehead atoms. The van der Waals surface area contributed by atoms with E-state index >= 15 is 0 Å². The molecule has 1 aliphatic rings. The van der Waals surface area contributed by atoms with Crippen molar-refractivity contribution in [3.8, 4) is 0 Å². The maximum Gasteiger partial charge on any atom is 0.275 e. The average Bonchev–Trinajstić information content (AvgIpc) is 2.64. The molecule has 0 spiro atoms. The Morgan fingerprint density at radius 3 is 2.55 bits per heavy atom. The third-order valence-corrected chi connectivity index (χ3v) is 6.42. The zero-order valence-corrected chi connectivity index (χ0v) is 15.3. The SMILES string of the molecule is C[NH+](CC(=O)N[C@H]1CS(=O)(=O)C[C@@H]1Cl)Cc1ccc(Br)cc1. The quantitative estimate of drug-likeness (QED) is 0.671. The fraction of sp³-hybridized carbons (Fsp3) is 0.500. The molecule has 1 aromatic rings. The van der Waals surface area contributed by atoms with Gasteiger partial charge in [0.05, 0.1) is 30.0 Å². The molecule has 2 rings (SSSR count). The molecule has 1 amide bonds. The summed E-state index contributed by atoms with van der Waals surface area (Å²) >= 11 is 9.37. The zero-order valence-electron chi connectivity index (χ0n) is 12.2. The lowest BCUT2D eigenvalue weighted by Crippen LogP contribution is -3.09.